The van der Waals surface area contributed by atoms with Gasteiger partial charge >= 0.3 is 0 Å². The molecule has 0 aliphatic carbocycles. The summed E-state index contributed by atoms with van der Waals surface area (Å²) in [5.74, 6) is -0.317. The van der Waals surface area contributed by atoms with Crippen molar-refractivity contribution in [3.8, 4) is 11.5 Å². The largest absolute Gasteiger partial charge is 0.441 e. The van der Waals surface area contributed by atoms with Gasteiger partial charge in [-0.2, -0.15) is 5.11 Å². The molecule has 5 rings (SSSR count). The van der Waals surface area contributed by atoms with Crippen LogP contribution in [0.15, 0.2) is 69.4 Å². The van der Waals surface area contributed by atoms with Crippen LogP contribution in [0.25, 0.3) is 11.5 Å². The number of fused-ring (bicyclic) bond motifs is 1. The van der Waals surface area contributed by atoms with E-state index in [0.29, 0.717) is 23.0 Å². The number of hydrogen-bond acceptors (Lipinski definition) is 7. The van der Waals surface area contributed by atoms with Gasteiger partial charge in [0, 0.05) is 5.56 Å². The molecular weight excluding hydrogens is 389 g/mol. The van der Waals surface area contributed by atoms with Gasteiger partial charge in [0.25, 0.3) is 11.8 Å². The third kappa shape index (κ3) is 2.86. The summed E-state index contributed by atoms with van der Waals surface area (Å²) >= 11 is 0. The van der Waals surface area contributed by atoms with E-state index in [9.17, 15) is 14.0 Å². The Morgan fingerprint density at radius 2 is 1.77 bits per heavy atom. The maximum atomic E-state index is 13.2. The van der Waals surface area contributed by atoms with E-state index in [1.807, 2.05) is 30.3 Å². The summed E-state index contributed by atoms with van der Waals surface area (Å²) in [6.07, 6.45) is 0. The first-order chi connectivity index (χ1) is 14.5. The van der Waals surface area contributed by atoms with Crippen LogP contribution in [-0.2, 0) is 16.1 Å². The Bertz CT molecular complexity index is 1160. The van der Waals surface area contributed by atoms with Gasteiger partial charge < -0.3 is 4.42 Å². The van der Waals surface area contributed by atoms with E-state index in [-0.39, 0.29) is 6.54 Å². The lowest BCUT2D eigenvalue weighted by Crippen LogP contribution is -2.39. The Morgan fingerprint density at radius 1 is 1.03 bits per heavy atom. The van der Waals surface area contributed by atoms with Crippen molar-refractivity contribution in [3.05, 3.63) is 71.9 Å². The number of hydrogen-bond donors (Lipinski definition) is 0. The third-order valence-electron chi connectivity index (χ3n) is 5.17. The lowest BCUT2D eigenvalue weighted by atomic mass is 10.1. The summed E-state index contributed by atoms with van der Waals surface area (Å²) in [6.45, 7) is 1.95. The van der Waals surface area contributed by atoms with Crippen molar-refractivity contribution in [2.75, 3.05) is 4.90 Å². The quantitative estimate of drug-likeness (QED) is 0.621. The fourth-order valence-electron chi connectivity index (χ4n) is 3.63. The molecule has 2 aromatic carbocycles. The van der Waals surface area contributed by atoms with Crippen molar-refractivity contribution in [1.29, 1.82) is 0 Å². The fourth-order valence-corrected chi connectivity index (χ4v) is 3.63. The molecule has 0 spiro atoms. The van der Waals surface area contributed by atoms with Gasteiger partial charge in [0.15, 0.2) is 12.1 Å². The molecule has 8 nitrogen and oxygen atoms in total. The molecule has 1 fully saturated rings. The average Bonchev–Trinajstić information content (AvgIpc) is 3.40. The number of nitrogens with zero attached hydrogens (tertiary/aromatic N) is 5. The lowest BCUT2D eigenvalue weighted by molar-refractivity contribution is -0.123. The minimum Gasteiger partial charge on any atom is -0.441 e. The normalized spacial score (nSPS) is 20.3. The standard InChI is InChI=1S/C21H16FN5O3/c1-12-16(23-19(30-12)13-5-3-2-4-6-13)11-26-18-17(24-25-26)20(28)27(21(18)29)15-9-7-14(22)8-10-15/h2-10,17-18H,11H2,1H3/t17-,18-/m1/s1. The maximum Gasteiger partial charge on any atom is 0.263 e. The molecule has 9 heteroatoms. The Balaban J connectivity index is 1.40. The predicted octanol–water partition coefficient (Wildman–Crippen LogP) is 3.28. The number of benzene rings is 2. The van der Waals surface area contributed by atoms with Gasteiger partial charge in [0.1, 0.15) is 17.3 Å². The number of rotatable bonds is 4. The molecule has 1 saturated heterocycles. The molecule has 150 valence electrons. The van der Waals surface area contributed by atoms with E-state index in [0.717, 1.165) is 10.5 Å². The first kappa shape index (κ1) is 18.2. The molecule has 2 aliphatic heterocycles. The minimum absolute atomic E-state index is 0.170. The second kappa shape index (κ2) is 6.87. The van der Waals surface area contributed by atoms with Crippen LogP contribution in [0.3, 0.4) is 0 Å². The van der Waals surface area contributed by atoms with Crippen LogP contribution in [0.2, 0.25) is 0 Å². The highest BCUT2D eigenvalue weighted by molar-refractivity contribution is 6.25. The van der Waals surface area contributed by atoms with E-state index < -0.39 is 29.7 Å². The molecule has 3 aromatic rings. The number of carbonyl (C=O) groups excluding carboxylic acids is 2. The molecule has 0 bridgehead atoms. The van der Waals surface area contributed by atoms with Crippen LogP contribution in [0, 0.1) is 12.7 Å². The average molecular weight is 405 g/mol. The molecule has 2 atom stereocenters. The summed E-state index contributed by atoms with van der Waals surface area (Å²) < 4.78 is 19.0. The molecule has 30 heavy (non-hydrogen) atoms. The number of oxazole rings is 1. The zero-order chi connectivity index (χ0) is 20.8. The van der Waals surface area contributed by atoms with Gasteiger partial charge in [0.2, 0.25) is 5.89 Å². The van der Waals surface area contributed by atoms with Gasteiger partial charge in [-0.1, -0.05) is 23.4 Å². The van der Waals surface area contributed by atoms with Crippen molar-refractivity contribution in [2.45, 2.75) is 25.6 Å². The number of aromatic nitrogens is 1. The smallest absolute Gasteiger partial charge is 0.263 e. The topological polar surface area (TPSA) is 91.4 Å². The Hall–Kier alpha value is -3.88. The minimum atomic E-state index is -0.927. The molecule has 0 saturated carbocycles. The van der Waals surface area contributed by atoms with Crippen molar-refractivity contribution in [3.63, 3.8) is 0 Å². The Morgan fingerprint density at radius 3 is 2.50 bits per heavy atom. The number of halogens is 1. The SMILES string of the molecule is Cc1oc(-c2ccccc2)nc1CN1N=N[C@H]2C(=O)N(c3ccc(F)cc3)C(=O)[C@@H]21. The number of imide groups is 1. The maximum absolute atomic E-state index is 13.2. The van der Waals surface area contributed by atoms with E-state index in [1.54, 1.807) is 6.92 Å². The van der Waals surface area contributed by atoms with Gasteiger partial charge in [0.05, 0.1) is 12.2 Å². The first-order valence-electron chi connectivity index (χ1n) is 9.35. The fraction of sp³-hybridized carbons (Fsp3) is 0.190. The Labute approximate surface area is 170 Å². The number of amides is 2. The second-order valence-corrected chi connectivity index (χ2v) is 7.07. The number of aryl methyl sites for hydroxylation is 1. The van der Waals surface area contributed by atoms with Gasteiger partial charge in [-0.25, -0.2) is 14.3 Å². The van der Waals surface area contributed by atoms with E-state index in [4.69, 9.17) is 4.42 Å². The molecular formula is C21H16FN5O3. The zero-order valence-corrected chi connectivity index (χ0v) is 15.9. The molecule has 0 radical (unpaired) electrons. The van der Waals surface area contributed by atoms with Crippen molar-refractivity contribution < 1.29 is 18.4 Å². The monoisotopic (exact) mass is 405 g/mol. The van der Waals surface area contributed by atoms with Gasteiger partial charge in [-0.3, -0.25) is 14.6 Å². The second-order valence-electron chi connectivity index (χ2n) is 7.07. The van der Waals surface area contributed by atoms with Crippen LogP contribution in [0.5, 0.6) is 0 Å². The van der Waals surface area contributed by atoms with Crippen molar-refractivity contribution in [2.24, 2.45) is 10.3 Å². The van der Waals surface area contributed by atoms with Crippen molar-refractivity contribution >= 4 is 17.5 Å². The van der Waals surface area contributed by atoms with Gasteiger partial charge in [-0.05, 0) is 43.3 Å². The van der Waals surface area contributed by atoms with E-state index >= 15 is 0 Å². The van der Waals surface area contributed by atoms with E-state index in [1.165, 1.54) is 29.3 Å². The van der Waals surface area contributed by atoms with Crippen LogP contribution >= 0.6 is 0 Å². The lowest BCUT2D eigenvalue weighted by Gasteiger charge is -2.19. The van der Waals surface area contributed by atoms with Gasteiger partial charge in [-0.15, -0.1) is 0 Å². The van der Waals surface area contributed by atoms with Crippen LogP contribution in [-0.4, -0.2) is 33.9 Å². The van der Waals surface area contributed by atoms with Crippen molar-refractivity contribution in [1.82, 2.24) is 9.99 Å². The molecule has 1 aromatic heterocycles. The molecule has 3 heterocycles. The van der Waals surface area contributed by atoms with Crippen LogP contribution < -0.4 is 4.90 Å². The number of anilines is 1. The van der Waals surface area contributed by atoms with E-state index in [2.05, 4.69) is 15.3 Å². The van der Waals surface area contributed by atoms with Crippen LogP contribution in [0.1, 0.15) is 11.5 Å². The number of carbonyl (C=O) groups is 2. The summed E-state index contributed by atoms with van der Waals surface area (Å²) in [5.41, 5.74) is 1.75. The molecule has 2 aliphatic rings. The highest BCUT2D eigenvalue weighted by Gasteiger charge is 2.54. The molecule has 0 N–H and O–H groups in total. The highest BCUT2D eigenvalue weighted by atomic mass is 19.1. The molecule has 0 unspecified atom stereocenters. The van der Waals surface area contributed by atoms with Crippen LogP contribution in [0.4, 0.5) is 10.1 Å². The summed E-state index contributed by atoms with van der Waals surface area (Å²) in [7, 11) is 0. The molecule has 2 amide bonds. The predicted molar refractivity (Wildman–Crippen MR) is 104 cm³/mol. The zero-order valence-electron chi connectivity index (χ0n) is 15.9. The third-order valence-corrected chi connectivity index (χ3v) is 5.17. The summed E-state index contributed by atoms with van der Waals surface area (Å²) in [6, 6.07) is 12.9. The highest BCUT2D eigenvalue weighted by Crippen LogP contribution is 2.33. The summed E-state index contributed by atoms with van der Waals surface area (Å²) in [5, 5.41) is 9.48. The first-order valence-corrected chi connectivity index (χ1v) is 9.35. The summed E-state index contributed by atoms with van der Waals surface area (Å²) in [4.78, 5) is 31.3. The Kier molecular flexibility index (Phi) is 4.16.